The summed E-state index contributed by atoms with van der Waals surface area (Å²) >= 11 is 0. The van der Waals surface area contributed by atoms with Crippen molar-refractivity contribution in [1.82, 2.24) is 14.9 Å². The van der Waals surface area contributed by atoms with Gasteiger partial charge in [-0.15, -0.1) is 0 Å². The van der Waals surface area contributed by atoms with Gasteiger partial charge in [0.25, 0.3) is 0 Å². The third-order valence-corrected chi connectivity index (χ3v) is 5.85. The van der Waals surface area contributed by atoms with Crippen molar-refractivity contribution in [3.8, 4) is 5.75 Å². The highest BCUT2D eigenvalue weighted by Crippen LogP contribution is 2.21. The molecule has 0 bridgehead atoms. The Balaban J connectivity index is 1.29. The molecule has 4 rings (SSSR count). The molecule has 0 aliphatic carbocycles. The standard InChI is InChI=1S/C25H31N5O/c1-3-29-13-15-30(16-14-29)23-11-9-22(10-12-23)28-25-26-18-21(19-27-25)8-7-20-5-4-6-24(17-20)31-2/h4-6,9-12,17-19H,3,7-8,13-16H2,1-2H3,(H,26,27,28). The number of anilines is 3. The van der Waals surface area contributed by atoms with Crippen LogP contribution in [0.1, 0.15) is 18.1 Å². The predicted molar refractivity (Wildman–Crippen MR) is 126 cm³/mol. The Bertz CT molecular complexity index is 950. The van der Waals surface area contributed by atoms with Gasteiger partial charge in [0, 0.05) is 49.9 Å². The van der Waals surface area contributed by atoms with E-state index in [1.807, 2.05) is 24.5 Å². The van der Waals surface area contributed by atoms with Crippen LogP contribution in [0.25, 0.3) is 0 Å². The van der Waals surface area contributed by atoms with Gasteiger partial charge in [-0.05, 0) is 66.9 Å². The summed E-state index contributed by atoms with van der Waals surface area (Å²) in [6.07, 6.45) is 5.63. The Hall–Kier alpha value is -3.12. The lowest BCUT2D eigenvalue weighted by molar-refractivity contribution is 0.271. The maximum atomic E-state index is 5.29. The average molecular weight is 418 g/mol. The molecule has 1 fully saturated rings. The van der Waals surface area contributed by atoms with Crippen LogP contribution in [0, 0.1) is 0 Å². The van der Waals surface area contributed by atoms with Crippen LogP contribution in [-0.2, 0) is 12.8 Å². The van der Waals surface area contributed by atoms with Gasteiger partial charge in [0.05, 0.1) is 7.11 Å². The summed E-state index contributed by atoms with van der Waals surface area (Å²) in [5, 5.41) is 3.30. The summed E-state index contributed by atoms with van der Waals surface area (Å²) in [4.78, 5) is 13.9. The number of nitrogens with zero attached hydrogens (tertiary/aromatic N) is 4. The monoisotopic (exact) mass is 417 g/mol. The Morgan fingerprint density at radius 3 is 2.29 bits per heavy atom. The molecule has 2 aromatic carbocycles. The van der Waals surface area contributed by atoms with Crippen molar-refractivity contribution in [3.05, 3.63) is 72.1 Å². The highest BCUT2D eigenvalue weighted by Gasteiger charge is 2.15. The third kappa shape index (κ3) is 5.73. The normalized spacial score (nSPS) is 14.5. The molecular formula is C25H31N5O. The third-order valence-electron chi connectivity index (χ3n) is 5.85. The second kappa shape index (κ2) is 10.3. The van der Waals surface area contributed by atoms with Crippen LogP contribution >= 0.6 is 0 Å². The number of aryl methyl sites for hydroxylation is 2. The fourth-order valence-electron chi connectivity index (χ4n) is 3.87. The molecule has 0 spiro atoms. The molecule has 162 valence electrons. The van der Waals surface area contributed by atoms with E-state index in [9.17, 15) is 0 Å². The van der Waals surface area contributed by atoms with Crippen molar-refractivity contribution in [2.45, 2.75) is 19.8 Å². The minimum absolute atomic E-state index is 0.620. The van der Waals surface area contributed by atoms with E-state index in [4.69, 9.17) is 4.74 Å². The topological polar surface area (TPSA) is 53.5 Å². The number of nitrogens with one attached hydrogen (secondary N) is 1. The van der Waals surface area contributed by atoms with Crippen LogP contribution in [0.4, 0.5) is 17.3 Å². The van der Waals surface area contributed by atoms with Crippen LogP contribution in [0.3, 0.4) is 0 Å². The molecule has 1 saturated heterocycles. The molecule has 0 saturated carbocycles. The van der Waals surface area contributed by atoms with Gasteiger partial charge in [-0.2, -0.15) is 0 Å². The molecule has 0 amide bonds. The van der Waals surface area contributed by atoms with E-state index in [-0.39, 0.29) is 0 Å². The van der Waals surface area contributed by atoms with E-state index in [1.54, 1.807) is 7.11 Å². The lowest BCUT2D eigenvalue weighted by atomic mass is 10.1. The molecule has 0 unspecified atom stereocenters. The number of ether oxygens (including phenoxy) is 1. The molecule has 6 nitrogen and oxygen atoms in total. The van der Waals surface area contributed by atoms with Gasteiger partial charge in [-0.3, -0.25) is 0 Å². The number of benzene rings is 2. The van der Waals surface area contributed by atoms with Crippen molar-refractivity contribution in [1.29, 1.82) is 0 Å². The molecule has 1 N–H and O–H groups in total. The Morgan fingerprint density at radius 2 is 1.61 bits per heavy atom. The van der Waals surface area contributed by atoms with Crippen molar-refractivity contribution < 1.29 is 4.74 Å². The summed E-state index contributed by atoms with van der Waals surface area (Å²) in [7, 11) is 1.69. The highest BCUT2D eigenvalue weighted by molar-refractivity contribution is 5.59. The molecule has 2 heterocycles. The number of methoxy groups -OCH3 is 1. The molecule has 3 aromatic rings. The number of aromatic nitrogens is 2. The largest absolute Gasteiger partial charge is 0.497 e. The van der Waals surface area contributed by atoms with Crippen LogP contribution in [-0.4, -0.2) is 54.7 Å². The van der Waals surface area contributed by atoms with E-state index >= 15 is 0 Å². The van der Waals surface area contributed by atoms with Gasteiger partial charge in [-0.25, -0.2) is 9.97 Å². The van der Waals surface area contributed by atoms with Gasteiger partial charge < -0.3 is 19.9 Å². The van der Waals surface area contributed by atoms with Crippen LogP contribution < -0.4 is 15.0 Å². The van der Waals surface area contributed by atoms with Crippen LogP contribution in [0.2, 0.25) is 0 Å². The first-order valence-electron chi connectivity index (χ1n) is 11.0. The summed E-state index contributed by atoms with van der Waals surface area (Å²) in [6.45, 7) is 7.80. The minimum atomic E-state index is 0.620. The average Bonchev–Trinajstić information content (AvgIpc) is 2.84. The molecule has 1 aromatic heterocycles. The number of rotatable bonds is 8. The zero-order valence-electron chi connectivity index (χ0n) is 18.4. The fourth-order valence-corrected chi connectivity index (χ4v) is 3.87. The lowest BCUT2D eigenvalue weighted by Gasteiger charge is -2.35. The first-order valence-corrected chi connectivity index (χ1v) is 11.0. The number of hydrogen-bond donors (Lipinski definition) is 1. The quantitative estimate of drug-likeness (QED) is 0.594. The maximum Gasteiger partial charge on any atom is 0.227 e. The Morgan fingerprint density at radius 1 is 0.903 bits per heavy atom. The number of likely N-dealkylation sites (N-methyl/N-ethyl adjacent to an activating group) is 1. The van der Waals surface area contributed by atoms with Crippen molar-refractivity contribution in [2.24, 2.45) is 0 Å². The van der Waals surface area contributed by atoms with Crippen molar-refractivity contribution in [2.75, 3.05) is 50.1 Å². The summed E-state index contributed by atoms with van der Waals surface area (Å²) < 4.78 is 5.29. The van der Waals surface area contributed by atoms with E-state index in [2.05, 4.69) is 68.4 Å². The van der Waals surface area contributed by atoms with Crippen molar-refractivity contribution >= 4 is 17.3 Å². The van der Waals surface area contributed by atoms with Gasteiger partial charge in [0.15, 0.2) is 0 Å². The highest BCUT2D eigenvalue weighted by atomic mass is 16.5. The Labute approximate surface area is 184 Å². The maximum absolute atomic E-state index is 5.29. The van der Waals surface area contributed by atoms with Crippen LogP contribution in [0.5, 0.6) is 5.75 Å². The molecule has 6 heteroatoms. The summed E-state index contributed by atoms with van der Waals surface area (Å²) in [5.41, 5.74) is 4.64. The van der Waals surface area contributed by atoms with E-state index in [0.29, 0.717) is 5.95 Å². The van der Waals surface area contributed by atoms with E-state index < -0.39 is 0 Å². The summed E-state index contributed by atoms with van der Waals surface area (Å²) in [6, 6.07) is 16.7. The SMILES string of the molecule is CCN1CCN(c2ccc(Nc3ncc(CCc4cccc(OC)c4)cn3)cc2)CC1. The molecule has 31 heavy (non-hydrogen) atoms. The number of hydrogen-bond acceptors (Lipinski definition) is 6. The Kier molecular flexibility index (Phi) is 6.99. The summed E-state index contributed by atoms with van der Waals surface area (Å²) in [5.74, 6) is 1.51. The molecule has 1 aliphatic heterocycles. The van der Waals surface area contributed by atoms with Crippen molar-refractivity contribution in [3.63, 3.8) is 0 Å². The molecular weight excluding hydrogens is 386 g/mol. The fraction of sp³-hybridized carbons (Fsp3) is 0.360. The zero-order chi connectivity index (χ0) is 21.5. The van der Waals surface area contributed by atoms with E-state index in [1.165, 1.54) is 11.3 Å². The molecule has 0 atom stereocenters. The first-order chi connectivity index (χ1) is 15.2. The van der Waals surface area contributed by atoms with Gasteiger partial charge in [0.1, 0.15) is 5.75 Å². The zero-order valence-corrected chi connectivity index (χ0v) is 18.4. The van der Waals surface area contributed by atoms with Gasteiger partial charge in [0.2, 0.25) is 5.95 Å². The number of piperazine rings is 1. The van der Waals surface area contributed by atoms with Gasteiger partial charge in [-0.1, -0.05) is 19.1 Å². The van der Waals surface area contributed by atoms with Crippen LogP contribution in [0.15, 0.2) is 60.9 Å². The second-order valence-corrected chi connectivity index (χ2v) is 7.86. The lowest BCUT2D eigenvalue weighted by Crippen LogP contribution is -2.46. The molecule has 0 radical (unpaired) electrons. The first kappa shape index (κ1) is 21.1. The smallest absolute Gasteiger partial charge is 0.227 e. The molecule has 1 aliphatic rings. The van der Waals surface area contributed by atoms with Gasteiger partial charge >= 0.3 is 0 Å². The van der Waals surface area contributed by atoms with E-state index in [0.717, 1.165) is 62.6 Å². The second-order valence-electron chi connectivity index (χ2n) is 7.86. The predicted octanol–water partition coefficient (Wildman–Crippen LogP) is 4.16. The minimum Gasteiger partial charge on any atom is -0.497 e.